The minimum Gasteiger partial charge on any atom is -0.321 e. The first kappa shape index (κ1) is 16.4. The van der Waals surface area contributed by atoms with Gasteiger partial charge in [0.1, 0.15) is 0 Å². The van der Waals surface area contributed by atoms with Crippen LogP contribution in [0.1, 0.15) is 42.4 Å². The molecule has 23 heavy (non-hydrogen) atoms. The van der Waals surface area contributed by atoms with Gasteiger partial charge in [-0.2, -0.15) is 4.52 Å². The van der Waals surface area contributed by atoms with Gasteiger partial charge in [0.2, 0.25) is 4.96 Å². The molecule has 2 aromatic heterocycles. The molecule has 0 bridgehead atoms. The zero-order chi connectivity index (χ0) is 16.6. The molecule has 1 aromatic carbocycles. The third-order valence-electron chi connectivity index (χ3n) is 3.87. The van der Waals surface area contributed by atoms with Crippen LogP contribution in [0.5, 0.6) is 0 Å². The van der Waals surface area contributed by atoms with Crippen LogP contribution in [0, 0.1) is 19.8 Å². The molecule has 0 spiro atoms. The average Bonchev–Trinajstić information content (AvgIpc) is 3.07. The number of aromatic nitrogens is 4. The molecule has 1 atom stereocenters. The third kappa shape index (κ3) is 3.41. The second-order valence-corrected chi connectivity index (χ2v) is 8.29. The molecular weight excluding hydrogens is 326 g/mol. The molecule has 0 aliphatic heterocycles. The predicted molar refractivity (Wildman–Crippen MR) is 95.9 cm³/mol. The molecule has 122 valence electrons. The molecule has 0 saturated carbocycles. The van der Waals surface area contributed by atoms with Crippen LogP contribution in [0.3, 0.4) is 0 Å². The van der Waals surface area contributed by atoms with E-state index in [1.165, 1.54) is 16.7 Å². The lowest BCUT2D eigenvalue weighted by atomic mass is 10.1. The zero-order valence-corrected chi connectivity index (χ0v) is 15.4. The fourth-order valence-electron chi connectivity index (χ4n) is 2.27. The van der Waals surface area contributed by atoms with Crippen molar-refractivity contribution in [2.75, 3.05) is 0 Å². The molecule has 0 aliphatic carbocycles. The SMILES string of the molecule is Cc1ccc(C)c(CSc2nn3c(C(N)C(C)C)nnc3s2)c1. The van der Waals surface area contributed by atoms with Crippen molar-refractivity contribution in [1.82, 2.24) is 19.8 Å². The summed E-state index contributed by atoms with van der Waals surface area (Å²) in [7, 11) is 0. The minimum atomic E-state index is -0.149. The summed E-state index contributed by atoms with van der Waals surface area (Å²) >= 11 is 3.30. The van der Waals surface area contributed by atoms with Crippen molar-refractivity contribution < 1.29 is 0 Å². The molecule has 0 fully saturated rings. The van der Waals surface area contributed by atoms with Gasteiger partial charge in [-0.1, -0.05) is 60.7 Å². The Labute approximate surface area is 144 Å². The highest BCUT2D eigenvalue weighted by atomic mass is 32.2. The fraction of sp³-hybridized carbons (Fsp3) is 0.438. The monoisotopic (exact) mass is 347 g/mol. The Hall–Kier alpha value is -1.44. The van der Waals surface area contributed by atoms with Gasteiger partial charge in [0, 0.05) is 5.75 Å². The number of fused-ring (bicyclic) bond motifs is 1. The van der Waals surface area contributed by atoms with Gasteiger partial charge in [-0.15, -0.1) is 15.3 Å². The lowest BCUT2D eigenvalue weighted by molar-refractivity contribution is 0.479. The number of hydrogen-bond donors (Lipinski definition) is 1. The van der Waals surface area contributed by atoms with Gasteiger partial charge in [0.15, 0.2) is 10.2 Å². The average molecular weight is 348 g/mol. The molecule has 5 nitrogen and oxygen atoms in total. The van der Waals surface area contributed by atoms with Crippen LogP contribution in [0.25, 0.3) is 4.96 Å². The van der Waals surface area contributed by atoms with E-state index in [1.807, 2.05) is 0 Å². The Kier molecular flexibility index (Phi) is 4.70. The second kappa shape index (κ2) is 6.59. The highest BCUT2D eigenvalue weighted by Gasteiger charge is 2.20. The number of thioether (sulfide) groups is 1. The number of aryl methyl sites for hydroxylation is 2. The van der Waals surface area contributed by atoms with E-state index in [0.29, 0.717) is 5.92 Å². The third-order valence-corrected chi connectivity index (χ3v) is 5.95. The Bertz CT molecular complexity index is 821. The summed E-state index contributed by atoms with van der Waals surface area (Å²) < 4.78 is 2.79. The van der Waals surface area contributed by atoms with E-state index >= 15 is 0 Å². The molecule has 7 heteroatoms. The Morgan fingerprint density at radius 2 is 2.04 bits per heavy atom. The first-order chi connectivity index (χ1) is 11.0. The highest BCUT2D eigenvalue weighted by molar-refractivity contribution is 8.00. The van der Waals surface area contributed by atoms with Crippen LogP contribution in [0.4, 0.5) is 0 Å². The quantitative estimate of drug-likeness (QED) is 0.712. The van der Waals surface area contributed by atoms with Crippen molar-refractivity contribution in [1.29, 1.82) is 0 Å². The van der Waals surface area contributed by atoms with E-state index in [2.05, 4.69) is 61.2 Å². The van der Waals surface area contributed by atoms with Crippen LogP contribution in [-0.2, 0) is 5.75 Å². The molecule has 3 aromatic rings. The molecule has 0 amide bonds. The van der Waals surface area contributed by atoms with E-state index < -0.39 is 0 Å². The maximum absolute atomic E-state index is 6.19. The summed E-state index contributed by atoms with van der Waals surface area (Å²) in [6, 6.07) is 6.40. The zero-order valence-electron chi connectivity index (χ0n) is 13.8. The van der Waals surface area contributed by atoms with Crippen LogP contribution in [0.2, 0.25) is 0 Å². The topological polar surface area (TPSA) is 69.1 Å². The first-order valence-electron chi connectivity index (χ1n) is 7.62. The molecule has 1 unspecified atom stereocenters. The van der Waals surface area contributed by atoms with Gasteiger partial charge in [0.25, 0.3) is 0 Å². The summed E-state index contributed by atoms with van der Waals surface area (Å²) in [5.41, 5.74) is 10.1. The van der Waals surface area contributed by atoms with Crippen molar-refractivity contribution in [3.63, 3.8) is 0 Å². The molecule has 0 radical (unpaired) electrons. The van der Waals surface area contributed by atoms with E-state index in [9.17, 15) is 0 Å². The Morgan fingerprint density at radius 3 is 2.78 bits per heavy atom. The lowest BCUT2D eigenvalue weighted by Gasteiger charge is -2.11. The van der Waals surface area contributed by atoms with Crippen LogP contribution in [0.15, 0.2) is 22.5 Å². The van der Waals surface area contributed by atoms with Crippen LogP contribution >= 0.6 is 23.1 Å². The summed E-state index contributed by atoms with van der Waals surface area (Å²) in [6.07, 6.45) is 0. The minimum absolute atomic E-state index is 0.149. The molecule has 2 N–H and O–H groups in total. The van der Waals surface area contributed by atoms with Crippen molar-refractivity contribution in [2.24, 2.45) is 11.7 Å². The molecular formula is C16H21N5S2. The molecule has 0 aliphatic rings. The normalized spacial score (nSPS) is 13.1. The fourth-order valence-corrected chi connectivity index (χ4v) is 4.22. The van der Waals surface area contributed by atoms with Gasteiger partial charge >= 0.3 is 0 Å². The van der Waals surface area contributed by atoms with E-state index in [1.54, 1.807) is 27.6 Å². The number of nitrogens with two attached hydrogens (primary N) is 1. The predicted octanol–water partition coefficient (Wildman–Crippen LogP) is 3.75. The van der Waals surface area contributed by atoms with Gasteiger partial charge in [-0.3, -0.25) is 0 Å². The van der Waals surface area contributed by atoms with E-state index in [4.69, 9.17) is 5.73 Å². The number of benzene rings is 1. The number of rotatable bonds is 5. The maximum Gasteiger partial charge on any atom is 0.235 e. The van der Waals surface area contributed by atoms with Crippen molar-refractivity contribution in [3.05, 3.63) is 40.7 Å². The van der Waals surface area contributed by atoms with Crippen LogP contribution < -0.4 is 5.73 Å². The molecule has 3 rings (SSSR count). The lowest BCUT2D eigenvalue weighted by Crippen LogP contribution is -2.20. The summed E-state index contributed by atoms with van der Waals surface area (Å²) in [4.78, 5) is 0.805. The van der Waals surface area contributed by atoms with Crippen molar-refractivity contribution in [2.45, 2.75) is 43.8 Å². The standard InChI is InChI=1S/C16H21N5S2/c1-9(2)13(17)14-18-19-15-21(14)20-16(23-15)22-8-12-7-10(3)5-6-11(12)4/h5-7,9,13H,8,17H2,1-4H3. The summed E-state index contributed by atoms with van der Waals surface area (Å²) in [5.74, 6) is 1.95. The Balaban J connectivity index is 1.80. The second-order valence-electron chi connectivity index (χ2n) is 6.11. The smallest absolute Gasteiger partial charge is 0.235 e. The summed E-state index contributed by atoms with van der Waals surface area (Å²) in [6.45, 7) is 8.42. The number of nitrogens with zero attached hydrogens (tertiary/aromatic N) is 4. The van der Waals surface area contributed by atoms with Crippen molar-refractivity contribution in [3.8, 4) is 0 Å². The van der Waals surface area contributed by atoms with Crippen molar-refractivity contribution >= 4 is 28.1 Å². The summed E-state index contributed by atoms with van der Waals surface area (Å²) in [5, 5.41) is 13.0. The van der Waals surface area contributed by atoms with E-state index in [-0.39, 0.29) is 6.04 Å². The van der Waals surface area contributed by atoms with Gasteiger partial charge in [-0.05, 0) is 30.9 Å². The Morgan fingerprint density at radius 1 is 1.26 bits per heavy atom. The largest absolute Gasteiger partial charge is 0.321 e. The van der Waals surface area contributed by atoms with Crippen LogP contribution in [-0.4, -0.2) is 19.8 Å². The number of hydrogen-bond acceptors (Lipinski definition) is 6. The molecule has 0 saturated heterocycles. The molecule has 2 heterocycles. The highest BCUT2D eigenvalue weighted by Crippen LogP contribution is 2.30. The van der Waals surface area contributed by atoms with Gasteiger partial charge in [0.05, 0.1) is 6.04 Å². The van der Waals surface area contributed by atoms with Gasteiger partial charge in [-0.25, -0.2) is 0 Å². The maximum atomic E-state index is 6.19. The first-order valence-corrected chi connectivity index (χ1v) is 9.42. The van der Waals surface area contributed by atoms with E-state index in [0.717, 1.165) is 20.9 Å². The van der Waals surface area contributed by atoms with Gasteiger partial charge < -0.3 is 5.73 Å².